The van der Waals surface area contributed by atoms with Crippen LogP contribution in [0.25, 0.3) is 0 Å². The largest absolute Gasteiger partial charge is 0.471 e. The number of rotatable bonds is 3. The van der Waals surface area contributed by atoms with Gasteiger partial charge in [-0.15, -0.1) is 0 Å². The number of likely N-dealkylation sites (tertiary alicyclic amines) is 2. The lowest BCUT2D eigenvalue weighted by atomic mass is 9.86. The molecule has 0 spiro atoms. The van der Waals surface area contributed by atoms with Crippen molar-refractivity contribution in [1.82, 2.24) is 9.80 Å². The maximum atomic E-state index is 13.0. The van der Waals surface area contributed by atoms with Gasteiger partial charge in [-0.2, -0.15) is 13.2 Å². The number of halogens is 3. The number of carbonyl (C=O) groups is 2. The Bertz CT molecular complexity index is 796. The number of hydrogen-bond acceptors (Lipinski definition) is 3. The van der Waals surface area contributed by atoms with E-state index in [1.54, 1.807) is 4.90 Å². The minimum Gasteiger partial charge on any atom is -0.444 e. The van der Waals surface area contributed by atoms with Crippen LogP contribution < -0.4 is 0 Å². The van der Waals surface area contributed by atoms with Crippen LogP contribution in [0, 0.1) is 5.92 Å². The van der Waals surface area contributed by atoms with Gasteiger partial charge in [-0.1, -0.05) is 24.3 Å². The van der Waals surface area contributed by atoms with Crippen molar-refractivity contribution >= 4 is 12.0 Å². The normalized spacial score (nSPS) is 20.8. The highest BCUT2D eigenvalue weighted by Gasteiger charge is 2.46. The molecular formula is C23H31F3N2O3. The fraction of sp³-hybridized carbons (Fsp3) is 0.652. The Balaban J connectivity index is 1.66. The van der Waals surface area contributed by atoms with Gasteiger partial charge in [0.05, 0.1) is 6.04 Å². The molecule has 0 radical (unpaired) electrons. The zero-order valence-electron chi connectivity index (χ0n) is 18.4. The zero-order chi connectivity index (χ0) is 22.8. The van der Waals surface area contributed by atoms with Gasteiger partial charge in [0.15, 0.2) is 0 Å². The minimum absolute atomic E-state index is 0.131. The van der Waals surface area contributed by atoms with Crippen molar-refractivity contribution in [3.8, 4) is 0 Å². The fourth-order valence-electron chi connectivity index (χ4n) is 4.50. The number of nitrogens with zero attached hydrogens (tertiary/aromatic N) is 2. The number of carbonyl (C=O) groups excluding carboxylic acids is 2. The summed E-state index contributed by atoms with van der Waals surface area (Å²) in [6, 6.07) is 6.96. The zero-order valence-corrected chi connectivity index (χ0v) is 18.4. The van der Waals surface area contributed by atoms with Gasteiger partial charge in [0.25, 0.3) is 0 Å². The van der Waals surface area contributed by atoms with Crippen LogP contribution in [0.2, 0.25) is 0 Å². The summed E-state index contributed by atoms with van der Waals surface area (Å²) >= 11 is 0. The third kappa shape index (κ3) is 5.92. The van der Waals surface area contributed by atoms with Crippen molar-refractivity contribution in [1.29, 1.82) is 0 Å². The monoisotopic (exact) mass is 440 g/mol. The third-order valence-electron chi connectivity index (χ3n) is 5.95. The van der Waals surface area contributed by atoms with Crippen LogP contribution >= 0.6 is 0 Å². The number of amides is 2. The summed E-state index contributed by atoms with van der Waals surface area (Å²) in [4.78, 5) is 26.9. The van der Waals surface area contributed by atoms with E-state index < -0.39 is 23.7 Å². The van der Waals surface area contributed by atoms with Crippen LogP contribution in [-0.4, -0.2) is 53.2 Å². The summed E-state index contributed by atoms with van der Waals surface area (Å²) in [5.74, 6) is -1.43. The molecular weight excluding hydrogens is 409 g/mol. The highest BCUT2D eigenvalue weighted by atomic mass is 19.4. The van der Waals surface area contributed by atoms with Gasteiger partial charge in [-0.25, -0.2) is 4.79 Å². The molecule has 0 bridgehead atoms. The molecule has 0 aromatic heterocycles. The van der Waals surface area contributed by atoms with Crippen molar-refractivity contribution in [2.24, 2.45) is 5.92 Å². The van der Waals surface area contributed by atoms with E-state index in [4.69, 9.17) is 4.74 Å². The lowest BCUT2D eigenvalue weighted by Gasteiger charge is -2.34. The molecule has 0 unspecified atom stereocenters. The number of hydrogen-bond donors (Lipinski definition) is 0. The third-order valence-corrected chi connectivity index (χ3v) is 5.95. The first-order chi connectivity index (χ1) is 14.5. The van der Waals surface area contributed by atoms with Crippen LogP contribution in [0.1, 0.15) is 63.6 Å². The quantitative estimate of drug-likeness (QED) is 0.657. The van der Waals surface area contributed by atoms with E-state index >= 15 is 0 Å². The van der Waals surface area contributed by atoms with Crippen molar-refractivity contribution in [2.75, 3.05) is 19.6 Å². The lowest BCUT2D eigenvalue weighted by molar-refractivity contribution is -0.186. The van der Waals surface area contributed by atoms with Gasteiger partial charge in [-0.3, -0.25) is 4.79 Å². The molecule has 2 amide bonds. The first kappa shape index (κ1) is 23.4. The number of alkyl halides is 3. The lowest BCUT2D eigenvalue weighted by Crippen LogP contribution is -2.42. The van der Waals surface area contributed by atoms with Crippen molar-refractivity contribution < 1.29 is 27.5 Å². The van der Waals surface area contributed by atoms with E-state index in [9.17, 15) is 22.8 Å². The molecule has 1 atom stereocenters. The molecule has 2 saturated heterocycles. The average Bonchev–Trinajstić information content (AvgIpc) is 3.15. The smallest absolute Gasteiger partial charge is 0.444 e. The molecule has 2 aliphatic rings. The molecule has 0 N–H and O–H groups in total. The maximum Gasteiger partial charge on any atom is 0.471 e. The van der Waals surface area contributed by atoms with Gasteiger partial charge in [0.2, 0.25) is 0 Å². The summed E-state index contributed by atoms with van der Waals surface area (Å²) in [7, 11) is 0. The number of ether oxygens (including phenoxy) is 1. The Hall–Kier alpha value is -2.25. The number of piperidine rings is 1. The Labute approximate surface area is 181 Å². The van der Waals surface area contributed by atoms with E-state index in [2.05, 4.69) is 0 Å². The SMILES string of the molecule is CC(C)(C)OC(=O)N1CCC(Cc2ccccc2[C@H]2CCCN2C(=O)C(F)(F)F)CC1. The second kappa shape index (κ2) is 9.09. The Morgan fingerprint density at radius 3 is 2.29 bits per heavy atom. The molecule has 0 saturated carbocycles. The summed E-state index contributed by atoms with van der Waals surface area (Å²) in [6.45, 7) is 6.85. The second-order valence-corrected chi connectivity index (χ2v) is 9.47. The van der Waals surface area contributed by atoms with E-state index in [0.29, 0.717) is 31.8 Å². The topological polar surface area (TPSA) is 49.9 Å². The maximum absolute atomic E-state index is 13.0. The Kier molecular flexibility index (Phi) is 6.86. The van der Waals surface area contributed by atoms with Crippen molar-refractivity contribution in [2.45, 2.75) is 70.7 Å². The van der Waals surface area contributed by atoms with E-state index in [0.717, 1.165) is 35.3 Å². The Morgan fingerprint density at radius 2 is 1.68 bits per heavy atom. The predicted molar refractivity (Wildman–Crippen MR) is 110 cm³/mol. The van der Waals surface area contributed by atoms with Gasteiger partial charge >= 0.3 is 18.2 Å². The standard InChI is InChI=1S/C23H31F3N2O3/c1-22(2,3)31-21(30)27-13-10-16(11-14-27)15-17-7-4-5-8-18(17)19-9-6-12-28(19)20(29)23(24,25)26/h4-5,7-8,16,19H,6,9-15H2,1-3H3/t19-/m1/s1. The van der Waals surface area contributed by atoms with Gasteiger partial charge < -0.3 is 14.5 Å². The van der Waals surface area contributed by atoms with Crippen LogP contribution in [0.5, 0.6) is 0 Å². The van der Waals surface area contributed by atoms with Gasteiger partial charge in [0, 0.05) is 19.6 Å². The molecule has 3 rings (SSSR count). The van der Waals surface area contributed by atoms with Crippen LogP contribution in [-0.2, 0) is 16.0 Å². The van der Waals surface area contributed by atoms with E-state index in [1.807, 2.05) is 45.0 Å². The molecule has 1 aromatic rings. The predicted octanol–water partition coefficient (Wildman–Crippen LogP) is 5.10. The highest BCUT2D eigenvalue weighted by Crippen LogP contribution is 2.38. The van der Waals surface area contributed by atoms with E-state index in [1.165, 1.54) is 0 Å². The summed E-state index contributed by atoms with van der Waals surface area (Å²) < 4.78 is 44.5. The number of benzene rings is 1. The van der Waals surface area contributed by atoms with Crippen molar-refractivity contribution in [3.05, 3.63) is 35.4 Å². The average molecular weight is 441 g/mol. The summed E-state index contributed by atoms with van der Waals surface area (Å²) in [6.07, 6.45) is -1.72. The molecule has 0 aliphatic carbocycles. The molecule has 5 nitrogen and oxygen atoms in total. The Morgan fingerprint density at radius 1 is 1.03 bits per heavy atom. The first-order valence-electron chi connectivity index (χ1n) is 10.9. The van der Waals surface area contributed by atoms with Crippen LogP contribution in [0.3, 0.4) is 0 Å². The molecule has 1 aromatic carbocycles. The van der Waals surface area contributed by atoms with Gasteiger partial charge in [0.1, 0.15) is 5.60 Å². The van der Waals surface area contributed by atoms with Crippen molar-refractivity contribution in [3.63, 3.8) is 0 Å². The molecule has 172 valence electrons. The van der Waals surface area contributed by atoms with Gasteiger partial charge in [-0.05, 0) is 69.9 Å². The van der Waals surface area contributed by atoms with Crippen LogP contribution in [0.4, 0.5) is 18.0 Å². The summed E-state index contributed by atoms with van der Waals surface area (Å²) in [5.41, 5.74) is 1.27. The first-order valence-corrected chi connectivity index (χ1v) is 10.9. The molecule has 31 heavy (non-hydrogen) atoms. The molecule has 2 heterocycles. The summed E-state index contributed by atoms with van der Waals surface area (Å²) in [5, 5.41) is 0. The molecule has 2 fully saturated rings. The van der Waals surface area contributed by atoms with E-state index in [-0.39, 0.29) is 12.6 Å². The fourth-order valence-corrected chi connectivity index (χ4v) is 4.50. The minimum atomic E-state index is -4.86. The molecule has 8 heteroatoms. The van der Waals surface area contributed by atoms with Crippen LogP contribution in [0.15, 0.2) is 24.3 Å². The molecule has 2 aliphatic heterocycles. The highest BCUT2D eigenvalue weighted by molar-refractivity contribution is 5.82. The second-order valence-electron chi connectivity index (χ2n) is 9.47.